The molecule has 1 unspecified atom stereocenters. The molecule has 1 amide bonds. The van der Waals surface area contributed by atoms with Crippen molar-refractivity contribution < 1.29 is 9.21 Å². The van der Waals surface area contributed by atoms with Crippen LogP contribution in [0.5, 0.6) is 0 Å². The first-order chi connectivity index (χ1) is 8.24. The van der Waals surface area contributed by atoms with Crippen LogP contribution in [0.4, 0.5) is 0 Å². The van der Waals surface area contributed by atoms with Crippen molar-refractivity contribution in [2.45, 2.75) is 44.7 Å². The van der Waals surface area contributed by atoms with Gasteiger partial charge in [0.2, 0.25) is 5.91 Å². The van der Waals surface area contributed by atoms with Crippen LogP contribution in [0, 0.1) is 0 Å². The molecule has 2 rings (SSSR count). The maximum absolute atomic E-state index is 11.6. The Morgan fingerprint density at radius 3 is 3.06 bits per heavy atom. The van der Waals surface area contributed by atoms with Crippen LogP contribution in [-0.4, -0.2) is 24.5 Å². The third kappa shape index (κ3) is 4.61. The van der Waals surface area contributed by atoms with Crippen LogP contribution in [0.1, 0.15) is 31.9 Å². The van der Waals surface area contributed by atoms with Gasteiger partial charge < -0.3 is 15.1 Å². The Bertz CT molecular complexity index is 344. The van der Waals surface area contributed by atoms with Gasteiger partial charge in [0.15, 0.2) is 0 Å². The highest BCUT2D eigenvalue weighted by Crippen LogP contribution is 2.18. The lowest BCUT2D eigenvalue weighted by Crippen LogP contribution is -2.35. The van der Waals surface area contributed by atoms with Crippen molar-refractivity contribution in [1.82, 2.24) is 10.6 Å². The predicted molar refractivity (Wildman–Crippen MR) is 65.7 cm³/mol. The molecule has 0 bridgehead atoms. The van der Waals surface area contributed by atoms with E-state index in [0.29, 0.717) is 12.5 Å². The molecule has 2 N–H and O–H groups in total. The molecule has 0 saturated heterocycles. The molecule has 1 fully saturated rings. The lowest BCUT2D eigenvalue weighted by molar-refractivity contribution is -0.121. The summed E-state index contributed by atoms with van der Waals surface area (Å²) in [7, 11) is 0. The summed E-state index contributed by atoms with van der Waals surface area (Å²) in [4.78, 5) is 11.6. The molecule has 1 aliphatic rings. The van der Waals surface area contributed by atoms with E-state index in [1.807, 2.05) is 19.1 Å². The number of hydrogen-bond acceptors (Lipinski definition) is 3. The summed E-state index contributed by atoms with van der Waals surface area (Å²) >= 11 is 0. The molecular formula is C13H20N2O2. The van der Waals surface area contributed by atoms with Crippen molar-refractivity contribution in [2.75, 3.05) is 6.54 Å². The van der Waals surface area contributed by atoms with Gasteiger partial charge >= 0.3 is 0 Å². The number of rotatable bonds is 7. The van der Waals surface area contributed by atoms with E-state index in [4.69, 9.17) is 4.42 Å². The fourth-order valence-corrected chi connectivity index (χ4v) is 1.81. The Morgan fingerprint density at radius 2 is 2.41 bits per heavy atom. The average Bonchev–Trinajstić information content (AvgIpc) is 2.95. The third-order valence-corrected chi connectivity index (χ3v) is 2.86. The molecule has 0 aliphatic heterocycles. The summed E-state index contributed by atoms with van der Waals surface area (Å²) in [6.07, 6.45) is 5.48. The zero-order valence-electron chi connectivity index (χ0n) is 10.2. The highest BCUT2D eigenvalue weighted by molar-refractivity contribution is 5.76. The molecule has 1 saturated carbocycles. The minimum atomic E-state index is 0.109. The minimum absolute atomic E-state index is 0.109. The van der Waals surface area contributed by atoms with Gasteiger partial charge in [-0.1, -0.05) is 0 Å². The quantitative estimate of drug-likeness (QED) is 0.753. The minimum Gasteiger partial charge on any atom is -0.469 e. The molecule has 1 heterocycles. The van der Waals surface area contributed by atoms with Gasteiger partial charge in [-0.3, -0.25) is 4.79 Å². The Hall–Kier alpha value is -1.29. The number of furan rings is 1. The standard InChI is InChI=1S/C13H20N2O2/c1-10(9-12-3-2-8-17-12)15-13(16)6-7-14-11-4-5-11/h2-3,8,10-11,14H,4-7,9H2,1H3,(H,15,16). The largest absolute Gasteiger partial charge is 0.469 e. The first-order valence-corrected chi connectivity index (χ1v) is 6.29. The highest BCUT2D eigenvalue weighted by atomic mass is 16.3. The van der Waals surface area contributed by atoms with Crippen LogP contribution in [-0.2, 0) is 11.2 Å². The first kappa shape index (κ1) is 12.2. The summed E-state index contributed by atoms with van der Waals surface area (Å²) < 4.78 is 5.24. The van der Waals surface area contributed by atoms with E-state index in [-0.39, 0.29) is 11.9 Å². The maximum Gasteiger partial charge on any atom is 0.221 e. The van der Waals surface area contributed by atoms with Crippen molar-refractivity contribution in [3.05, 3.63) is 24.2 Å². The van der Waals surface area contributed by atoms with Gasteiger partial charge in [-0.2, -0.15) is 0 Å². The van der Waals surface area contributed by atoms with E-state index >= 15 is 0 Å². The van der Waals surface area contributed by atoms with E-state index in [0.717, 1.165) is 18.7 Å². The fraction of sp³-hybridized carbons (Fsp3) is 0.615. The van der Waals surface area contributed by atoms with Crippen molar-refractivity contribution in [1.29, 1.82) is 0 Å². The van der Waals surface area contributed by atoms with E-state index in [1.54, 1.807) is 6.26 Å². The topological polar surface area (TPSA) is 54.3 Å². The maximum atomic E-state index is 11.6. The van der Waals surface area contributed by atoms with Crippen molar-refractivity contribution >= 4 is 5.91 Å². The fourth-order valence-electron chi connectivity index (χ4n) is 1.81. The van der Waals surface area contributed by atoms with Gasteiger partial charge in [0.1, 0.15) is 5.76 Å². The molecule has 1 atom stereocenters. The summed E-state index contributed by atoms with van der Waals surface area (Å²) in [6.45, 7) is 2.78. The van der Waals surface area contributed by atoms with Crippen LogP contribution >= 0.6 is 0 Å². The Morgan fingerprint density at radius 1 is 1.59 bits per heavy atom. The summed E-state index contributed by atoms with van der Waals surface area (Å²) in [5.41, 5.74) is 0. The van der Waals surface area contributed by atoms with Gasteiger partial charge in [0.25, 0.3) is 0 Å². The van der Waals surface area contributed by atoms with Crippen molar-refractivity contribution in [3.8, 4) is 0 Å². The molecule has 94 valence electrons. The molecule has 0 aromatic carbocycles. The lowest BCUT2D eigenvalue weighted by atomic mass is 10.2. The molecule has 0 spiro atoms. The summed E-state index contributed by atoms with van der Waals surface area (Å²) in [5.74, 6) is 1.02. The number of carbonyl (C=O) groups excluding carboxylic acids is 1. The average molecular weight is 236 g/mol. The van der Waals surface area contributed by atoms with E-state index in [1.165, 1.54) is 12.8 Å². The number of amides is 1. The Balaban J connectivity index is 1.59. The lowest BCUT2D eigenvalue weighted by Gasteiger charge is -2.12. The second-order valence-corrected chi connectivity index (χ2v) is 4.73. The zero-order valence-corrected chi connectivity index (χ0v) is 10.2. The first-order valence-electron chi connectivity index (χ1n) is 6.29. The molecule has 4 heteroatoms. The van der Waals surface area contributed by atoms with E-state index in [2.05, 4.69) is 10.6 Å². The number of hydrogen-bond donors (Lipinski definition) is 2. The molecule has 1 aromatic heterocycles. The zero-order chi connectivity index (χ0) is 12.1. The van der Waals surface area contributed by atoms with Gasteiger partial charge in [-0.25, -0.2) is 0 Å². The molecular weight excluding hydrogens is 216 g/mol. The van der Waals surface area contributed by atoms with Crippen LogP contribution < -0.4 is 10.6 Å². The summed E-state index contributed by atoms with van der Waals surface area (Å²) in [6, 6.07) is 4.58. The molecule has 1 aliphatic carbocycles. The van der Waals surface area contributed by atoms with Crippen LogP contribution in [0.2, 0.25) is 0 Å². The third-order valence-electron chi connectivity index (χ3n) is 2.86. The summed E-state index contributed by atoms with van der Waals surface area (Å²) in [5, 5.41) is 6.30. The number of carbonyl (C=O) groups is 1. The number of nitrogens with one attached hydrogen (secondary N) is 2. The van der Waals surface area contributed by atoms with Crippen molar-refractivity contribution in [3.63, 3.8) is 0 Å². The Kier molecular flexibility index (Phi) is 4.20. The van der Waals surface area contributed by atoms with Gasteiger partial charge in [-0.05, 0) is 31.9 Å². The van der Waals surface area contributed by atoms with E-state index in [9.17, 15) is 4.79 Å². The molecule has 1 aromatic rings. The van der Waals surface area contributed by atoms with Crippen LogP contribution in [0.3, 0.4) is 0 Å². The monoisotopic (exact) mass is 236 g/mol. The molecule has 4 nitrogen and oxygen atoms in total. The predicted octanol–water partition coefficient (Wildman–Crippen LogP) is 1.47. The second kappa shape index (κ2) is 5.87. The van der Waals surface area contributed by atoms with Crippen LogP contribution in [0.25, 0.3) is 0 Å². The Labute approximate surface area is 102 Å². The SMILES string of the molecule is CC(Cc1ccco1)NC(=O)CCNC1CC1. The van der Waals surface area contributed by atoms with E-state index < -0.39 is 0 Å². The second-order valence-electron chi connectivity index (χ2n) is 4.73. The molecule has 17 heavy (non-hydrogen) atoms. The van der Waals surface area contributed by atoms with Gasteiger partial charge in [-0.15, -0.1) is 0 Å². The van der Waals surface area contributed by atoms with Gasteiger partial charge in [0, 0.05) is 31.5 Å². The van der Waals surface area contributed by atoms with Crippen LogP contribution in [0.15, 0.2) is 22.8 Å². The smallest absolute Gasteiger partial charge is 0.221 e. The van der Waals surface area contributed by atoms with Crippen molar-refractivity contribution in [2.24, 2.45) is 0 Å². The highest BCUT2D eigenvalue weighted by Gasteiger charge is 2.20. The van der Waals surface area contributed by atoms with Gasteiger partial charge in [0.05, 0.1) is 6.26 Å². The normalized spacial score (nSPS) is 16.8. The molecule has 0 radical (unpaired) electrons.